The smallest absolute Gasteiger partial charge is 0.338 e. The maximum atomic E-state index is 13.5. The molecular formula is C14H18FNO4. The van der Waals surface area contributed by atoms with Gasteiger partial charge in [-0.3, -0.25) is 4.79 Å². The lowest BCUT2D eigenvalue weighted by atomic mass is 9.95. The van der Waals surface area contributed by atoms with E-state index in [1.165, 1.54) is 20.1 Å². The van der Waals surface area contributed by atoms with Crippen LogP contribution in [-0.2, 0) is 14.3 Å². The molecule has 5 nitrogen and oxygen atoms in total. The minimum absolute atomic E-state index is 0.00580. The zero-order chi connectivity index (χ0) is 15.5. The molecule has 0 spiro atoms. The summed E-state index contributed by atoms with van der Waals surface area (Å²) < 4.78 is 23.1. The van der Waals surface area contributed by atoms with Gasteiger partial charge in [0.05, 0.1) is 18.1 Å². The second-order valence-electron chi connectivity index (χ2n) is 5.12. The fourth-order valence-electron chi connectivity index (χ4n) is 1.48. The van der Waals surface area contributed by atoms with Gasteiger partial charge in [0.2, 0.25) is 0 Å². The molecule has 1 aromatic carbocycles. The van der Waals surface area contributed by atoms with Gasteiger partial charge < -0.3 is 15.2 Å². The molecule has 1 aromatic rings. The van der Waals surface area contributed by atoms with Crippen molar-refractivity contribution in [3.05, 3.63) is 29.1 Å². The quantitative estimate of drug-likeness (QED) is 0.676. The molecule has 0 amide bonds. The number of anilines is 1. The molecule has 0 saturated heterocycles. The van der Waals surface area contributed by atoms with Crippen molar-refractivity contribution in [1.82, 2.24) is 0 Å². The van der Waals surface area contributed by atoms with Crippen molar-refractivity contribution in [3.8, 4) is 0 Å². The molecule has 0 aliphatic heterocycles. The number of hydrogen-bond donors (Lipinski definition) is 1. The molecule has 2 N–H and O–H groups in total. The van der Waals surface area contributed by atoms with Crippen molar-refractivity contribution in [2.45, 2.75) is 20.8 Å². The van der Waals surface area contributed by atoms with Crippen LogP contribution in [0.25, 0.3) is 0 Å². The third-order valence-electron chi connectivity index (χ3n) is 2.92. The fraction of sp³-hybridized carbons (Fsp3) is 0.429. The SMILES string of the molecule is COC(=O)C(C)(C)COC(=O)c1cc(N)c(C)c(F)c1. The van der Waals surface area contributed by atoms with Crippen molar-refractivity contribution < 1.29 is 23.5 Å². The topological polar surface area (TPSA) is 78.6 Å². The van der Waals surface area contributed by atoms with E-state index in [1.807, 2.05) is 0 Å². The minimum atomic E-state index is -0.973. The van der Waals surface area contributed by atoms with Gasteiger partial charge in [-0.2, -0.15) is 0 Å². The first-order chi connectivity index (χ1) is 9.19. The average Bonchev–Trinajstić information content (AvgIpc) is 2.40. The highest BCUT2D eigenvalue weighted by molar-refractivity contribution is 5.91. The molecule has 0 aliphatic rings. The monoisotopic (exact) mass is 283 g/mol. The van der Waals surface area contributed by atoms with Gasteiger partial charge in [-0.1, -0.05) is 0 Å². The Morgan fingerprint density at radius 2 is 1.95 bits per heavy atom. The van der Waals surface area contributed by atoms with Gasteiger partial charge in [0.15, 0.2) is 0 Å². The van der Waals surface area contributed by atoms with E-state index >= 15 is 0 Å². The van der Waals surface area contributed by atoms with Crippen LogP contribution in [0.3, 0.4) is 0 Å². The number of carbonyl (C=O) groups excluding carboxylic acids is 2. The van der Waals surface area contributed by atoms with Crippen molar-refractivity contribution in [3.63, 3.8) is 0 Å². The van der Waals surface area contributed by atoms with E-state index in [1.54, 1.807) is 13.8 Å². The summed E-state index contributed by atoms with van der Waals surface area (Å²) in [5.74, 6) is -1.82. The summed E-state index contributed by atoms with van der Waals surface area (Å²) in [4.78, 5) is 23.3. The van der Waals surface area contributed by atoms with E-state index in [4.69, 9.17) is 10.5 Å². The van der Waals surface area contributed by atoms with Crippen LogP contribution in [0, 0.1) is 18.2 Å². The van der Waals surface area contributed by atoms with Crippen LogP contribution < -0.4 is 5.73 Å². The Hall–Kier alpha value is -2.11. The largest absolute Gasteiger partial charge is 0.469 e. The normalized spacial score (nSPS) is 11.1. The molecule has 0 bridgehead atoms. The highest BCUT2D eigenvalue weighted by Gasteiger charge is 2.30. The number of esters is 2. The van der Waals surface area contributed by atoms with Gasteiger partial charge in [-0.25, -0.2) is 9.18 Å². The minimum Gasteiger partial charge on any atom is -0.469 e. The second kappa shape index (κ2) is 5.90. The van der Waals surface area contributed by atoms with Crippen LogP contribution in [0.5, 0.6) is 0 Å². The third kappa shape index (κ3) is 3.46. The van der Waals surface area contributed by atoms with Crippen molar-refractivity contribution >= 4 is 17.6 Å². The molecule has 0 aliphatic carbocycles. The van der Waals surface area contributed by atoms with E-state index in [9.17, 15) is 14.0 Å². The molecule has 110 valence electrons. The zero-order valence-corrected chi connectivity index (χ0v) is 12.0. The molecule has 20 heavy (non-hydrogen) atoms. The van der Waals surface area contributed by atoms with Gasteiger partial charge in [-0.05, 0) is 32.9 Å². The highest BCUT2D eigenvalue weighted by Crippen LogP contribution is 2.21. The van der Waals surface area contributed by atoms with Crippen LogP contribution >= 0.6 is 0 Å². The molecule has 0 saturated carbocycles. The van der Waals surface area contributed by atoms with Crippen molar-refractivity contribution in [2.24, 2.45) is 5.41 Å². The number of carbonyl (C=O) groups is 2. The molecule has 0 atom stereocenters. The first kappa shape index (κ1) is 15.9. The lowest BCUT2D eigenvalue weighted by Gasteiger charge is -2.20. The lowest BCUT2D eigenvalue weighted by Crippen LogP contribution is -2.32. The highest BCUT2D eigenvalue weighted by atomic mass is 19.1. The summed E-state index contributed by atoms with van der Waals surface area (Å²) in [5.41, 5.74) is 5.07. The van der Waals surface area contributed by atoms with E-state index < -0.39 is 23.2 Å². The van der Waals surface area contributed by atoms with Crippen LogP contribution in [0.2, 0.25) is 0 Å². The predicted octanol–water partition coefficient (Wildman–Crippen LogP) is 2.07. The van der Waals surface area contributed by atoms with Crippen molar-refractivity contribution in [1.29, 1.82) is 0 Å². The van der Waals surface area contributed by atoms with E-state index in [0.717, 1.165) is 6.07 Å². The number of benzene rings is 1. The molecule has 0 fully saturated rings. The van der Waals surface area contributed by atoms with Crippen LogP contribution in [-0.4, -0.2) is 25.7 Å². The Kier molecular flexibility index (Phi) is 4.70. The Labute approximate surface area is 116 Å². The number of halogens is 1. The fourth-order valence-corrected chi connectivity index (χ4v) is 1.48. The van der Waals surface area contributed by atoms with Gasteiger partial charge in [0.1, 0.15) is 12.4 Å². The summed E-state index contributed by atoms with van der Waals surface area (Å²) in [6.07, 6.45) is 0. The molecule has 6 heteroatoms. The summed E-state index contributed by atoms with van der Waals surface area (Å²) in [6.45, 7) is 4.50. The number of rotatable bonds is 4. The Balaban J connectivity index is 2.80. The van der Waals surface area contributed by atoms with Crippen LogP contribution in [0.4, 0.5) is 10.1 Å². The van der Waals surface area contributed by atoms with E-state index in [2.05, 4.69) is 4.74 Å². The first-order valence-electron chi connectivity index (χ1n) is 6.00. The summed E-state index contributed by atoms with van der Waals surface area (Å²) in [5, 5.41) is 0. The lowest BCUT2D eigenvalue weighted by molar-refractivity contribution is -0.152. The van der Waals surface area contributed by atoms with Crippen LogP contribution in [0.15, 0.2) is 12.1 Å². The Bertz CT molecular complexity index is 517. The Morgan fingerprint density at radius 3 is 2.45 bits per heavy atom. The maximum absolute atomic E-state index is 13.5. The summed E-state index contributed by atoms with van der Waals surface area (Å²) in [6, 6.07) is 2.39. The molecular weight excluding hydrogens is 265 g/mol. The zero-order valence-electron chi connectivity index (χ0n) is 12.0. The Morgan fingerprint density at radius 1 is 1.35 bits per heavy atom. The van der Waals surface area contributed by atoms with Gasteiger partial charge >= 0.3 is 11.9 Å². The standard InChI is InChI=1S/C14H18FNO4/c1-8-10(15)5-9(6-11(8)16)12(17)20-7-14(2,3)13(18)19-4/h5-6H,7,16H2,1-4H3. The van der Waals surface area contributed by atoms with Gasteiger partial charge in [0, 0.05) is 11.3 Å². The average molecular weight is 283 g/mol. The molecule has 1 rings (SSSR count). The number of nitrogen functional groups attached to an aromatic ring is 1. The van der Waals surface area contributed by atoms with Crippen molar-refractivity contribution in [2.75, 3.05) is 19.5 Å². The van der Waals surface area contributed by atoms with Crippen LogP contribution in [0.1, 0.15) is 29.8 Å². The first-order valence-corrected chi connectivity index (χ1v) is 6.00. The molecule has 0 heterocycles. The third-order valence-corrected chi connectivity index (χ3v) is 2.92. The van der Waals surface area contributed by atoms with E-state index in [0.29, 0.717) is 0 Å². The van der Waals surface area contributed by atoms with Gasteiger partial charge in [0.25, 0.3) is 0 Å². The second-order valence-corrected chi connectivity index (χ2v) is 5.12. The number of nitrogens with two attached hydrogens (primary N) is 1. The predicted molar refractivity (Wildman–Crippen MR) is 71.6 cm³/mol. The molecule has 0 unspecified atom stereocenters. The van der Waals surface area contributed by atoms with Gasteiger partial charge in [-0.15, -0.1) is 0 Å². The molecule has 0 aromatic heterocycles. The number of methoxy groups -OCH3 is 1. The molecule has 0 radical (unpaired) electrons. The summed E-state index contributed by atoms with van der Waals surface area (Å²) >= 11 is 0. The summed E-state index contributed by atoms with van der Waals surface area (Å²) in [7, 11) is 1.25. The number of hydrogen-bond acceptors (Lipinski definition) is 5. The maximum Gasteiger partial charge on any atom is 0.338 e. The number of ether oxygens (including phenoxy) is 2. The van der Waals surface area contributed by atoms with E-state index in [-0.39, 0.29) is 23.4 Å².